The van der Waals surface area contributed by atoms with Crippen molar-refractivity contribution in [3.8, 4) is 0 Å². The van der Waals surface area contributed by atoms with E-state index in [0.717, 1.165) is 25.7 Å². The highest BCUT2D eigenvalue weighted by Gasteiger charge is 2.38. The molecule has 1 heterocycles. The molecular formula is C13H21NO4. The Bertz CT molecular complexity index is 321. The van der Waals surface area contributed by atoms with Crippen LogP contribution in [0.15, 0.2) is 0 Å². The molecule has 0 aromatic rings. The molecule has 5 heteroatoms. The van der Waals surface area contributed by atoms with Crippen molar-refractivity contribution < 1.29 is 19.1 Å². The smallest absolute Gasteiger partial charge is 0.310 e. The number of carbonyl (C=O) groups excluding carboxylic acids is 2. The van der Waals surface area contributed by atoms with Gasteiger partial charge in [-0.1, -0.05) is 6.92 Å². The van der Waals surface area contributed by atoms with Gasteiger partial charge in [0.15, 0.2) is 0 Å². The van der Waals surface area contributed by atoms with Crippen LogP contribution in [0.4, 0.5) is 0 Å². The standard InChI is InChI=1S/C13H21NO4/c1-9(13(16)17-2)8-14(10-5-6-10)12(15)11-4-3-7-18-11/h9-11H,3-8H2,1-2H3. The highest BCUT2D eigenvalue weighted by molar-refractivity contribution is 5.82. The molecule has 0 radical (unpaired) electrons. The van der Waals surface area contributed by atoms with Crippen LogP contribution in [0.5, 0.6) is 0 Å². The Morgan fingerprint density at radius 1 is 1.39 bits per heavy atom. The number of hydrogen-bond donors (Lipinski definition) is 0. The van der Waals surface area contributed by atoms with Crippen LogP contribution >= 0.6 is 0 Å². The molecule has 18 heavy (non-hydrogen) atoms. The maximum atomic E-state index is 12.3. The summed E-state index contributed by atoms with van der Waals surface area (Å²) in [4.78, 5) is 25.6. The van der Waals surface area contributed by atoms with Gasteiger partial charge in [0.2, 0.25) is 0 Å². The molecule has 0 aromatic carbocycles. The van der Waals surface area contributed by atoms with E-state index in [1.54, 1.807) is 6.92 Å². The molecule has 102 valence electrons. The molecule has 0 spiro atoms. The van der Waals surface area contributed by atoms with Crippen molar-refractivity contribution in [2.45, 2.75) is 44.8 Å². The van der Waals surface area contributed by atoms with E-state index in [2.05, 4.69) is 0 Å². The van der Waals surface area contributed by atoms with Crippen molar-refractivity contribution in [1.82, 2.24) is 4.90 Å². The van der Waals surface area contributed by atoms with Crippen LogP contribution in [0.1, 0.15) is 32.6 Å². The Morgan fingerprint density at radius 2 is 2.11 bits per heavy atom. The van der Waals surface area contributed by atoms with Gasteiger partial charge < -0.3 is 14.4 Å². The van der Waals surface area contributed by atoms with Crippen molar-refractivity contribution in [3.63, 3.8) is 0 Å². The average molecular weight is 255 g/mol. The maximum Gasteiger partial charge on any atom is 0.310 e. The second-order valence-electron chi connectivity index (χ2n) is 5.15. The van der Waals surface area contributed by atoms with Crippen LogP contribution < -0.4 is 0 Å². The van der Waals surface area contributed by atoms with Crippen molar-refractivity contribution in [2.24, 2.45) is 5.92 Å². The van der Waals surface area contributed by atoms with Gasteiger partial charge in [-0.25, -0.2) is 0 Å². The van der Waals surface area contributed by atoms with Gasteiger partial charge in [-0.2, -0.15) is 0 Å². The zero-order chi connectivity index (χ0) is 13.1. The predicted molar refractivity (Wildman–Crippen MR) is 64.9 cm³/mol. The molecular weight excluding hydrogens is 234 g/mol. The molecule has 5 nitrogen and oxygen atoms in total. The molecule has 0 bridgehead atoms. The van der Waals surface area contributed by atoms with E-state index in [4.69, 9.17) is 9.47 Å². The monoisotopic (exact) mass is 255 g/mol. The second kappa shape index (κ2) is 5.69. The number of nitrogens with zero attached hydrogens (tertiary/aromatic N) is 1. The fourth-order valence-electron chi connectivity index (χ4n) is 2.33. The minimum atomic E-state index is -0.296. The Morgan fingerprint density at radius 3 is 2.61 bits per heavy atom. The summed E-state index contributed by atoms with van der Waals surface area (Å²) in [6, 6.07) is 0.300. The number of carbonyl (C=O) groups is 2. The van der Waals surface area contributed by atoms with Crippen LogP contribution in [-0.4, -0.2) is 49.2 Å². The minimum Gasteiger partial charge on any atom is -0.469 e. The summed E-state index contributed by atoms with van der Waals surface area (Å²) in [6.07, 6.45) is 3.52. The topological polar surface area (TPSA) is 55.8 Å². The number of ether oxygens (including phenoxy) is 2. The molecule has 1 aliphatic carbocycles. The van der Waals surface area contributed by atoms with Gasteiger partial charge >= 0.3 is 5.97 Å². The Balaban J connectivity index is 1.95. The van der Waals surface area contributed by atoms with E-state index in [-0.39, 0.29) is 23.9 Å². The summed E-state index contributed by atoms with van der Waals surface area (Å²) in [5.74, 6) is -0.493. The minimum absolute atomic E-state index is 0.0470. The van der Waals surface area contributed by atoms with Gasteiger partial charge in [-0.3, -0.25) is 9.59 Å². The molecule has 1 amide bonds. The summed E-state index contributed by atoms with van der Waals surface area (Å²) in [5.41, 5.74) is 0. The van der Waals surface area contributed by atoms with Gasteiger partial charge in [0.1, 0.15) is 6.10 Å². The lowest BCUT2D eigenvalue weighted by molar-refractivity contribution is -0.148. The van der Waals surface area contributed by atoms with Gasteiger partial charge in [0.25, 0.3) is 5.91 Å². The molecule has 1 saturated heterocycles. The first-order valence-corrected chi connectivity index (χ1v) is 6.63. The maximum absolute atomic E-state index is 12.3. The van der Waals surface area contributed by atoms with Crippen molar-refractivity contribution in [2.75, 3.05) is 20.3 Å². The molecule has 2 atom stereocenters. The molecule has 2 aliphatic rings. The molecule has 2 unspecified atom stereocenters. The first kappa shape index (κ1) is 13.3. The molecule has 2 rings (SSSR count). The quantitative estimate of drug-likeness (QED) is 0.687. The third-order valence-corrected chi connectivity index (χ3v) is 3.55. The summed E-state index contributed by atoms with van der Waals surface area (Å²) in [7, 11) is 1.38. The lowest BCUT2D eigenvalue weighted by atomic mass is 10.1. The first-order valence-electron chi connectivity index (χ1n) is 6.63. The van der Waals surface area contributed by atoms with Gasteiger partial charge in [-0.05, 0) is 25.7 Å². The number of amides is 1. The summed E-state index contributed by atoms with van der Waals surface area (Å²) >= 11 is 0. The zero-order valence-electron chi connectivity index (χ0n) is 11.1. The average Bonchev–Trinajstić information content (AvgIpc) is 3.07. The molecule has 0 aromatic heterocycles. The van der Waals surface area contributed by atoms with E-state index in [1.807, 2.05) is 4.90 Å². The van der Waals surface area contributed by atoms with Crippen molar-refractivity contribution in [3.05, 3.63) is 0 Å². The number of hydrogen-bond acceptors (Lipinski definition) is 4. The largest absolute Gasteiger partial charge is 0.469 e. The Kier molecular flexibility index (Phi) is 4.22. The van der Waals surface area contributed by atoms with Crippen LogP contribution in [0.25, 0.3) is 0 Å². The highest BCUT2D eigenvalue weighted by atomic mass is 16.5. The summed E-state index contributed by atoms with van der Waals surface area (Å²) < 4.78 is 10.1. The Hall–Kier alpha value is -1.10. The van der Waals surface area contributed by atoms with Crippen molar-refractivity contribution in [1.29, 1.82) is 0 Å². The third-order valence-electron chi connectivity index (χ3n) is 3.55. The van der Waals surface area contributed by atoms with Gasteiger partial charge in [-0.15, -0.1) is 0 Å². The van der Waals surface area contributed by atoms with E-state index in [1.165, 1.54) is 7.11 Å². The van der Waals surface area contributed by atoms with Crippen LogP contribution in [0, 0.1) is 5.92 Å². The lowest BCUT2D eigenvalue weighted by Crippen LogP contribution is -2.44. The van der Waals surface area contributed by atoms with Crippen LogP contribution in [-0.2, 0) is 19.1 Å². The molecule has 2 fully saturated rings. The molecule has 1 saturated carbocycles. The van der Waals surface area contributed by atoms with Crippen LogP contribution in [0.2, 0.25) is 0 Å². The van der Waals surface area contributed by atoms with E-state index in [9.17, 15) is 9.59 Å². The van der Waals surface area contributed by atoms with Gasteiger partial charge in [0.05, 0.1) is 13.0 Å². The SMILES string of the molecule is COC(=O)C(C)CN(C(=O)C1CCCO1)C1CC1. The van der Waals surface area contributed by atoms with E-state index in [0.29, 0.717) is 19.2 Å². The van der Waals surface area contributed by atoms with Crippen molar-refractivity contribution >= 4 is 11.9 Å². The second-order valence-corrected chi connectivity index (χ2v) is 5.15. The Labute approximate surface area is 107 Å². The van der Waals surface area contributed by atoms with Gasteiger partial charge in [0, 0.05) is 19.2 Å². The molecule has 0 N–H and O–H groups in total. The number of esters is 1. The normalized spacial score (nSPS) is 24.7. The lowest BCUT2D eigenvalue weighted by Gasteiger charge is -2.27. The summed E-state index contributed by atoms with van der Waals surface area (Å²) in [5, 5.41) is 0. The number of methoxy groups -OCH3 is 1. The number of rotatable bonds is 5. The van der Waals surface area contributed by atoms with Crippen LogP contribution in [0.3, 0.4) is 0 Å². The zero-order valence-corrected chi connectivity index (χ0v) is 11.1. The van der Waals surface area contributed by atoms with E-state index < -0.39 is 0 Å². The third kappa shape index (κ3) is 3.02. The fourth-order valence-corrected chi connectivity index (χ4v) is 2.33. The highest BCUT2D eigenvalue weighted by Crippen LogP contribution is 2.30. The van der Waals surface area contributed by atoms with E-state index >= 15 is 0 Å². The fraction of sp³-hybridized carbons (Fsp3) is 0.846. The molecule has 1 aliphatic heterocycles. The first-order chi connectivity index (χ1) is 8.63. The predicted octanol–water partition coefficient (Wildman–Crippen LogP) is 0.965. The summed E-state index contributed by atoms with van der Waals surface area (Å²) in [6.45, 7) is 2.90.